The Morgan fingerprint density at radius 1 is 0.655 bits per heavy atom. The van der Waals surface area contributed by atoms with Crippen LogP contribution in [0.2, 0.25) is 0 Å². The summed E-state index contributed by atoms with van der Waals surface area (Å²) in [5, 5.41) is -2.15. The maximum Gasteiger partial charge on any atom is 0.200 e. The van der Waals surface area contributed by atoms with Crippen molar-refractivity contribution >= 4 is 7.85 Å². The number of benzene rings is 2. The molecule has 2 rings (SSSR count). The first-order chi connectivity index (χ1) is 13.4. The van der Waals surface area contributed by atoms with Crippen molar-refractivity contribution in [3.63, 3.8) is 0 Å². The normalized spacial score (nSPS) is 13.9. The topological polar surface area (TPSA) is 0 Å². The molecule has 10 heteroatoms. The minimum atomic E-state index is -2.56. The van der Waals surface area contributed by atoms with E-state index >= 15 is 0 Å². The molecule has 0 bridgehead atoms. The number of hydrogen-bond acceptors (Lipinski definition) is 0. The molecule has 0 aromatic heterocycles. The van der Waals surface area contributed by atoms with Gasteiger partial charge in [0.05, 0.1) is 13.4 Å². The monoisotopic (exact) mass is 422 g/mol. The fourth-order valence-corrected chi connectivity index (χ4v) is 3.13. The largest absolute Gasteiger partial charge is 0.203 e. The Labute approximate surface area is 161 Å². The first-order valence-electron chi connectivity index (χ1n) is 8.25. The summed E-state index contributed by atoms with van der Waals surface area (Å²) in [7, 11) is 5.98. The van der Waals surface area contributed by atoms with Gasteiger partial charge in [-0.15, -0.1) is 0 Å². The smallest absolute Gasteiger partial charge is 0.200 e. The Morgan fingerprint density at radius 2 is 1.03 bits per heavy atom. The van der Waals surface area contributed by atoms with Crippen molar-refractivity contribution in [3.05, 3.63) is 70.1 Å². The molecule has 0 aliphatic rings. The molecular formula is C19H12BF9. The number of allylic oxidation sites excluding steroid dienone is 2. The summed E-state index contributed by atoms with van der Waals surface area (Å²) in [4.78, 5) is 0. The van der Waals surface area contributed by atoms with Gasteiger partial charge in [-0.1, -0.05) is 25.5 Å². The highest BCUT2D eigenvalue weighted by Gasteiger charge is 2.39. The lowest BCUT2D eigenvalue weighted by atomic mass is 9.59. The van der Waals surface area contributed by atoms with Crippen molar-refractivity contribution in [1.29, 1.82) is 0 Å². The molecule has 0 heterocycles. The van der Waals surface area contributed by atoms with Crippen LogP contribution in [-0.2, 0) is 5.31 Å². The molecule has 2 radical (unpaired) electrons. The third kappa shape index (κ3) is 3.53. The van der Waals surface area contributed by atoms with Gasteiger partial charge in [0.15, 0.2) is 46.5 Å². The van der Waals surface area contributed by atoms with Crippen molar-refractivity contribution in [3.8, 4) is 11.1 Å². The molecule has 154 valence electrons. The molecule has 0 aliphatic carbocycles. The zero-order valence-electron chi connectivity index (χ0n) is 15.0. The van der Waals surface area contributed by atoms with Crippen molar-refractivity contribution in [2.24, 2.45) is 0 Å². The van der Waals surface area contributed by atoms with Crippen LogP contribution in [-0.4, -0.2) is 7.85 Å². The van der Waals surface area contributed by atoms with Gasteiger partial charge in [-0.3, -0.25) is 0 Å². The molecule has 29 heavy (non-hydrogen) atoms. The van der Waals surface area contributed by atoms with Crippen LogP contribution in [0.5, 0.6) is 0 Å². The fraction of sp³-hybridized carbons (Fsp3) is 0.263. The molecule has 0 saturated carbocycles. The highest BCUT2D eigenvalue weighted by Crippen LogP contribution is 2.44. The quantitative estimate of drug-likeness (QED) is 0.173. The SMILES string of the molecule is [B]C(/C=C\C)(CCC)c1c(F)c(F)c(F)c(F)c1-c1c(F)c(F)c(F)c(F)c1F. The van der Waals surface area contributed by atoms with Crippen molar-refractivity contribution in [1.82, 2.24) is 0 Å². The second-order valence-electron chi connectivity index (χ2n) is 6.24. The van der Waals surface area contributed by atoms with Crippen LogP contribution >= 0.6 is 0 Å². The lowest BCUT2D eigenvalue weighted by Crippen LogP contribution is -2.28. The first-order valence-corrected chi connectivity index (χ1v) is 8.25. The van der Waals surface area contributed by atoms with Gasteiger partial charge in [0.1, 0.15) is 0 Å². The van der Waals surface area contributed by atoms with Crippen LogP contribution < -0.4 is 0 Å². The van der Waals surface area contributed by atoms with E-state index in [2.05, 4.69) is 0 Å². The average Bonchev–Trinajstić information content (AvgIpc) is 2.67. The molecule has 2 aromatic carbocycles. The van der Waals surface area contributed by atoms with Crippen LogP contribution in [0.25, 0.3) is 11.1 Å². The van der Waals surface area contributed by atoms with Crippen LogP contribution in [0.15, 0.2) is 12.2 Å². The maximum atomic E-state index is 14.7. The van der Waals surface area contributed by atoms with Crippen LogP contribution in [0.4, 0.5) is 39.5 Å². The van der Waals surface area contributed by atoms with E-state index in [9.17, 15) is 39.5 Å². The van der Waals surface area contributed by atoms with E-state index in [1.54, 1.807) is 0 Å². The Balaban J connectivity index is 3.17. The Hall–Kier alpha value is -2.39. The lowest BCUT2D eigenvalue weighted by Gasteiger charge is -2.31. The first kappa shape index (κ1) is 22.9. The summed E-state index contributed by atoms with van der Waals surface area (Å²) in [6.07, 6.45) is 2.12. The number of halogens is 9. The maximum absolute atomic E-state index is 14.7. The zero-order valence-corrected chi connectivity index (χ0v) is 15.0. The van der Waals surface area contributed by atoms with Gasteiger partial charge in [0.25, 0.3) is 0 Å². The third-order valence-corrected chi connectivity index (χ3v) is 4.32. The molecular weight excluding hydrogens is 410 g/mol. The second-order valence-corrected chi connectivity index (χ2v) is 6.24. The van der Waals surface area contributed by atoms with Gasteiger partial charge >= 0.3 is 0 Å². The summed E-state index contributed by atoms with van der Waals surface area (Å²) in [6.45, 7) is 2.90. The summed E-state index contributed by atoms with van der Waals surface area (Å²) < 4.78 is 126. The van der Waals surface area contributed by atoms with Gasteiger partial charge in [-0.05, 0) is 18.7 Å². The molecule has 0 aliphatic heterocycles. The standard InChI is InChI=1S/C19H12BF9/c1-3-5-19(20,6-4-2)9-7(10(21)14(25)17(28)13(9)24)8-11(22)15(26)18(29)16(27)12(8)23/h3,5H,4,6H2,1-2H3/b5-3-. The summed E-state index contributed by atoms with van der Waals surface area (Å²) >= 11 is 0. The van der Waals surface area contributed by atoms with Crippen molar-refractivity contribution in [2.45, 2.75) is 32.0 Å². The summed E-state index contributed by atoms with van der Waals surface area (Å²) in [5.41, 5.74) is -4.93. The molecule has 0 amide bonds. The molecule has 0 saturated heterocycles. The van der Waals surface area contributed by atoms with Gasteiger partial charge in [0, 0.05) is 11.1 Å². The molecule has 0 N–H and O–H groups in total. The van der Waals surface area contributed by atoms with Gasteiger partial charge in [-0.2, -0.15) is 0 Å². The summed E-state index contributed by atoms with van der Waals surface area (Å²) in [5.74, 6) is -21.9. The molecule has 0 fully saturated rings. The van der Waals surface area contributed by atoms with Crippen LogP contribution in [0.3, 0.4) is 0 Å². The Bertz CT molecular complexity index is 971. The second kappa shape index (κ2) is 8.16. The van der Waals surface area contributed by atoms with Gasteiger partial charge < -0.3 is 0 Å². The van der Waals surface area contributed by atoms with Crippen LogP contribution in [0.1, 0.15) is 32.3 Å². The van der Waals surface area contributed by atoms with E-state index in [1.165, 1.54) is 19.9 Å². The minimum Gasteiger partial charge on any atom is -0.203 e. The van der Waals surface area contributed by atoms with Crippen molar-refractivity contribution in [2.75, 3.05) is 0 Å². The van der Waals surface area contributed by atoms with Gasteiger partial charge in [-0.25, -0.2) is 39.5 Å². The Kier molecular flexibility index (Phi) is 6.44. The summed E-state index contributed by atoms with van der Waals surface area (Å²) in [6, 6.07) is 0. The van der Waals surface area contributed by atoms with E-state index in [1.807, 2.05) is 0 Å². The van der Waals surface area contributed by atoms with Crippen molar-refractivity contribution < 1.29 is 39.5 Å². The zero-order chi connectivity index (χ0) is 22.3. The van der Waals surface area contributed by atoms with Crippen LogP contribution in [0, 0.1) is 52.4 Å². The molecule has 0 spiro atoms. The lowest BCUT2D eigenvalue weighted by molar-refractivity contribution is 0.377. The molecule has 1 unspecified atom stereocenters. The molecule has 0 nitrogen and oxygen atoms in total. The van der Waals surface area contributed by atoms with E-state index in [0.29, 0.717) is 0 Å². The molecule has 1 atom stereocenters. The Morgan fingerprint density at radius 3 is 1.45 bits per heavy atom. The van der Waals surface area contributed by atoms with E-state index < -0.39 is 74.4 Å². The number of hydrogen-bond donors (Lipinski definition) is 0. The highest BCUT2D eigenvalue weighted by molar-refractivity contribution is 6.18. The van der Waals surface area contributed by atoms with E-state index in [0.717, 1.165) is 6.08 Å². The highest BCUT2D eigenvalue weighted by atomic mass is 19.2. The fourth-order valence-electron chi connectivity index (χ4n) is 3.13. The molecule has 2 aromatic rings. The number of rotatable bonds is 5. The van der Waals surface area contributed by atoms with E-state index in [-0.39, 0.29) is 12.8 Å². The van der Waals surface area contributed by atoms with Gasteiger partial charge in [0.2, 0.25) is 5.82 Å². The third-order valence-electron chi connectivity index (χ3n) is 4.32. The average molecular weight is 422 g/mol. The van der Waals surface area contributed by atoms with E-state index in [4.69, 9.17) is 7.85 Å². The predicted octanol–water partition coefficient (Wildman–Crippen LogP) is 6.35. The minimum absolute atomic E-state index is 0.150. The predicted molar refractivity (Wildman–Crippen MR) is 88.7 cm³/mol.